The van der Waals surface area contributed by atoms with E-state index in [0.29, 0.717) is 30.9 Å². The molecule has 0 bridgehead atoms. The number of rotatable bonds is 5. The molecule has 2 aromatic rings. The van der Waals surface area contributed by atoms with Gasteiger partial charge in [0.1, 0.15) is 5.75 Å². The van der Waals surface area contributed by atoms with Crippen molar-refractivity contribution in [1.29, 1.82) is 0 Å². The molecule has 0 spiro atoms. The van der Waals surface area contributed by atoms with E-state index < -0.39 is 0 Å². The van der Waals surface area contributed by atoms with E-state index in [1.54, 1.807) is 30.2 Å². The molecule has 1 aliphatic rings. The van der Waals surface area contributed by atoms with Crippen LogP contribution in [-0.2, 0) is 11.3 Å². The van der Waals surface area contributed by atoms with E-state index in [0.717, 1.165) is 17.7 Å². The van der Waals surface area contributed by atoms with Crippen molar-refractivity contribution in [3.8, 4) is 5.75 Å². The Morgan fingerprint density at radius 1 is 1.19 bits per heavy atom. The first-order chi connectivity index (χ1) is 12.6. The maximum absolute atomic E-state index is 12.1. The Labute approximate surface area is 153 Å². The van der Waals surface area contributed by atoms with Crippen LogP contribution in [0.1, 0.15) is 24.0 Å². The number of ether oxygens (including phenoxy) is 1. The summed E-state index contributed by atoms with van der Waals surface area (Å²) in [6.45, 7) is 3.17. The largest absolute Gasteiger partial charge is 0.494 e. The molecule has 3 amide bonds. The highest BCUT2D eigenvalue weighted by molar-refractivity contribution is 5.97. The fourth-order valence-corrected chi connectivity index (χ4v) is 2.94. The van der Waals surface area contributed by atoms with Crippen molar-refractivity contribution in [3.05, 3.63) is 53.6 Å². The van der Waals surface area contributed by atoms with E-state index in [9.17, 15) is 9.59 Å². The van der Waals surface area contributed by atoms with Gasteiger partial charge in [0.15, 0.2) is 0 Å². The molecule has 0 saturated carbocycles. The van der Waals surface area contributed by atoms with Crippen LogP contribution in [0.25, 0.3) is 0 Å². The maximum atomic E-state index is 12.1. The molecular weight excluding hydrogens is 330 g/mol. The lowest BCUT2D eigenvalue weighted by atomic mass is 10.1. The lowest BCUT2D eigenvalue weighted by Crippen LogP contribution is -2.28. The van der Waals surface area contributed by atoms with Gasteiger partial charge in [-0.1, -0.05) is 29.8 Å². The fourth-order valence-electron chi connectivity index (χ4n) is 2.94. The molecule has 6 nitrogen and oxygen atoms in total. The highest BCUT2D eigenvalue weighted by Gasteiger charge is 2.24. The SMILES string of the molecule is COc1cc(NC(=O)NCc2ccc(C)cc2)ccc1N1CCCC1=O. The topological polar surface area (TPSA) is 70.7 Å². The molecule has 1 heterocycles. The molecular formula is C20H23N3O3. The average Bonchev–Trinajstić information content (AvgIpc) is 3.07. The summed E-state index contributed by atoms with van der Waals surface area (Å²) in [4.78, 5) is 25.8. The molecule has 1 saturated heterocycles. The lowest BCUT2D eigenvalue weighted by molar-refractivity contribution is -0.117. The third-order valence-electron chi connectivity index (χ3n) is 4.38. The van der Waals surface area contributed by atoms with Gasteiger partial charge in [0.05, 0.1) is 12.8 Å². The highest BCUT2D eigenvalue weighted by atomic mass is 16.5. The van der Waals surface area contributed by atoms with Crippen molar-refractivity contribution in [2.24, 2.45) is 0 Å². The second-order valence-corrected chi connectivity index (χ2v) is 6.33. The fraction of sp³-hybridized carbons (Fsp3) is 0.300. The van der Waals surface area contributed by atoms with Crippen molar-refractivity contribution >= 4 is 23.3 Å². The standard InChI is InChI=1S/C20H23N3O3/c1-14-5-7-15(8-6-14)13-21-20(25)22-16-9-10-17(18(12-16)26-2)23-11-3-4-19(23)24/h5-10,12H,3-4,11,13H2,1-2H3,(H2,21,22,25). The van der Waals surface area contributed by atoms with Crippen molar-refractivity contribution in [1.82, 2.24) is 5.32 Å². The van der Waals surface area contributed by atoms with Gasteiger partial charge in [-0.15, -0.1) is 0 Å². The molecule has 0 atom stereocenters. The van der Waals surface area contributed by atoms with Crippen LogP contribution in [-0.4, -0.2) is 25.6 Å². The maximum Gasteiger partial charge on any atom is 0.319 e. The Hall–Kier alpha value is -3.02. The predicted molar refractivity (Wildman–Crippen MR) is 102 cm³/mol. The molecule has 0 radical (unpaired) electrons. The first-order valence-electron chi connectivity index (χ1n) is 8.65. The smallest absolute Gasteiger partial charge is 0.319 e. The molecule has 136 valence electrons. The predicted octanol–water partition coefficient (Wildman–Crippen LogP) is 3.45. The Morgan fingerprint density at radius 3 is 2.62 bits per heavy atom. The first-order valence-corrected chi connectivity index (χ1v) is 8.65. The Balaban J connectivity index is 1.63. The Kier molecular flexibility index (Phi) is 5.41. The van der Waals surface area contributed by atoms with E-state index in [1.165, 1.54) is 5.56 Å². The number of nitrogens with zero attached hydrogens (tertiary/aromatic N) is 1. The summed E-state index contributed by atoms with van der Waals surface area (Å²) in [5.74, 6) is 0.663. The summed E-state index contributed by atoms with van der Waals surface area (Å²) in [5, 5.41) is 5.62. The molecule has 0 unspecified atom stereocenters. The minimum atomic E-state index is -0.294. The number of carbonyl (C=O) groups excluding carboxylic acids is 2. The van der Waals surface area contributed by atoms with Gasteiger partial charge in [-0.2, -0.15) is 0 Å². The van der Waals surface area contributed by atoms with Gasteiger partial charge < -0.3 is 20.3 Å². The van der Waals surface area contributed by atoms with E-state index in [4.69, 9.17) is 4.74 Å². The first kappa shape index (κ1) is 17.8. The van der Waals surface area contributed by atoms with Crippen LogP contribution in [0.5, 0.6) is 5.75 Å². The van der Waals surface area contributed by atoms with E-state index >= 15 is 0 Å². The Morgan fingerprint density at radius 2 is 1.96 bits per heavy atom. The van der Waals surface area contributed by atoms with Gasteiger partial charge in [0.25, 0.3) is 0 Å². The minimum absolute atomic E-state index is 0.0971. The third-order valence-corrected chi connectivity index (χ3v) is 4.38. The second-order valence-electron chi connectivity index (χ2n) is 6.33. The average molecular weight is 353 g/mol. The number of hydrogen-bond acceptors (Lipinski definition) is 3. The van der Waals surface area contributed by atoms with Gasteiger partial charge in [-0.05, 0) is 31.0 Å². The minimum Gasteiger partial charge on any atom is -0.494 e. The summed E-state index contributed by atoms with van der Waals surface area (Å²) >= 11 is 0. The Bertz CT molecular complexity index is 802. The molecule has 26 heavy (non-hydrogen) atoms. The van der Waals surface area contributed by atoms with Gasteiger partial charge in [0.2, 0.25) is 5.91 Å². The van der Waals surface area contributed by atoms with E-state index in [2.05, 4.69) is 10.6 Å². The van der Waals surface area contributed by atoms with Gasteiger partial charge >= 0.3 is 6.03 Å². The lowest BCUT2D eigenvalue weighted by Gasteiger charge is -2.19. The molecule has 2 N–H and O–H groups in total. The number of benzene rings is 2. The van der Waals surface area contributed by atoms with Crippen LogP contribution < -0.4 is 20.3 Å². The van der Waals surface area contributed by atoms with Crippen molar-refractivity contribution in [2.45, 2.75) is 26.3 Å². The molecule has 0 aromatic heterocycles. The van der Waals surface area contributed by atoms with Gasteiger partial charge in [-0.3, -0.25) is 4.79 Å². The number of urea groups is 1. The monoisotopic (exact) mass is 353 g/mol. The van der Waals surface area contributed by atoms with Crippen LogP contribution >= 0.6 is 0 Å². The zero-order chi connectivity index (χ0) is 18.5. The third kappa shape index (κ3) is 4.14. The normalized spacial score (nSPS) is 13.6. The number of amides is 3. The highest BCUT2D eigenvalue weighted by Crippen LogP contribution is 2.33. The molecule has 1 fully saturated rings. The molecule has 0 aliphatic carbocycles. The van der Waals surface area contributed by atoms with Crippen LogP contribution in [0.2, 0.25) is 0 Å². The van der Waals surface area contributed by atoms with Crippen LogP contribution in [0.4, 0.5) is 16.2 Å². The zero-order valence-corrected chi connectivity index (χ0v) is 15.0. The summed E-state index contributed by atoms with van der Waals surface area (Å²) in [6, 6.07) is 13.0. The summed E-state index contributed by atoms with van der Waals surface area (Å²) in [5.41, 5.74) is 3.56. The molecule has 2 aromatic carbocycles. The van der Waals surface area contributed by atoms with Crippen LogP contribution in [0, 0.1) is 6.92 Å². The second kappa shape index (κ2) is 7.91. The zero-order valence-electron chi connectivity index (χ0n) is 15.0. The van der Waals surface area contributed by atoms with Gasteiger partial charge in [0, 0.05) is 31.3 Å². The van der Waals surface area contributed by atoms with Crippen molar-refractivity contribution in [2.75, 3.05) is 23.9 Å². The number of aryl methyl sites for hydroxylation is 1. The molecule has 1 aliphatic heterocycles. The van der Waals surface area contributed by atoms with Crippen molar-refractivity contribution in [3.63, 3.8) is 0 Å². The number of nitrogens with one attached hydrogen (secondary N) is 2. The number of carbonyl (C=O) groups is 2. The quantitative estimate of drug-likeness (QED) is 0.865. The van der Waals surface area contributed by atoms with Crippen LogP contribution in [0.15, 0.2) is 42.5 Å². The van der Waals surface area contributed by atoms with E-state index in [-0.39, 0.29) is 11.9 Å². The number of anilines is 2. The van der Waals surface area contributed by atoms with Gasteiger partial charge in [-0.25, -0.2) is 4.79 Å². The van der Waals surface area contributed by atoms with Crippen molar-refractivity contribution < 1.29 is 14.3 Å². The molecule has 3 rings (SSSR count). The number of methoxy groups -OCH3 is 1. The van der Waals surface area contributed by atoms with Crippen LogP contribution in [0.3, 0.4) is 0 Å². The number of hydrogen-bond donors (Lipinski definition) is 2. The summed E-state index contributed by atoms with van der Waals surface area (Å²) in [6.07, 6.45) is 1.41. The molecule has 6 heteroatoms. The summed E-state index contributed by atoms with van der Waals surface area (Å²) in [7, 11) is 1.56. The summed E-state index contributed by atoms with van der Waals surface area (Å²) < 4.78 is 5.40. The van der Waals surface area contributed by atoms with E-state index in [1.807, 2.05) is 31.2 Å².